The summed E-state index contributed by atoms with van der Waals surface area (Å²) in [4.78, 5) is 5.11. The SMILES string of the molecule is CC1=C(N(c2ccc(C(C)(C)C)cc2)c2cc(C3CCCCC3)cc3c2Bc2oc4c(c2N3c2ccc(C(C)(C)C)cc2)C=CCC4)C2C=CC=CC2O1. The summed E-state index contributed by atoms with van der Waals surface area (Å²) in [5.41, 5.74) is 15.1. The lowest BCUT2D eigenvalue weighted by atomic mass is 9.62. The number of benzene rings is 3. The van der Waals surface area contributed by atoms with Crippen LogP contribution in [0.2, 0.25) is 0 Å². The highest BCUT2D eigenvalue weighted by atomic mass is 16.5. The Labute approximate surface area is 323 Å². The first-order chi connectivity index (χ1) is 26.0. The molecule has 4 aromatic rings. The number of nitrogens with zero attached hydrogens (tertiary/aromatic N) is 2. The Morgan fingerprint density at radius 3 is 2.20 bits per heavy atom. The van der Waals surface area contributed by atoms with Gasteiger partial charge >= 0.3 is 0 Å². The summed E-state index contributed by atoms with van der Waals surface area (Å²) in [7, 11) is 0.732. The molecule has 1 saturated carbocycles. The van der Waals surface area contributed by atoms with Gasteiger partial charge in [-0.05, 0) is 108 Å². The first kappa shape index (κ1) is 35.1. The number of hydrogen-bond donors (Lipinski definition) is 0. The van der Waals surface area contributed by atoms with Gasteiger partial charge in [0, 0.05) is 34.7 Å². The first-order valence-electron chi connectivity index (χ1n) is 20.5. The number of aryl methyl sites for hydroxylation is 1. The molecule has 5 heteroatoms. The van der Waals surface area contributed by atoms with Crippen LogP contribution in [0.15, 0.2) is 107 Å². The fraction of sp³-hybridized carbons (Fsp3) is 0.388. The van der Waals surface area contributed by atoms with Crippen molar-refractivity contribution in [2.45, 2.75) is 116 Å². The van der Waals surface area contributed by atoms with Gasteiger partial charge in [-0.1, -0.05) is 115 Å². The lowest BCUT2D eigenvalue weighted by Gasteiger charge is -2.38. The monoisotopic (exact) mass is 714 g/mol. The zero-order chi connectivity index (χ0) is 37.4. The molecule has 0 amide bonds. The summed E-state index contributed by atoms with van der Waals surface area (Å²) in [6.07, 6.45) is 21.8. The van der Waals surface area contributed by atoms with Crippen molar-refractivity contribution >= 4 is 52.9 Å². The minimum atomic E-state index is -0.00767. The summed E-state index contributed by atoms with van der Waals surface area (Å²) in [5.74, 6) is 2.74. The fourth-order valence-electron chi connectivity index (χ4n) is 9.52. The van der Waals surface area contributed by atoms with Gasteiger partial charge < -0.3 is 19.0 Å². The quantitative estimate of drug-likeness (QED) is 0.170. The van der Waals surface area contributed by atoms with Crippen molar-refractivity contribution in [1.82, 2.24) is 0 Å². The van der Waals surface area contributed by atoms with Crippen molar-refractivity contribution in [2.75, 3.05) is 9.80 Å². The zero-order valence-corrected chi connectivity index (χ0v) is 33.3. The number of fused-ring (bicyclic) bond motifs is 5. The summed E-state index contributed by atoms with van der Waals surface area (Å²) in [5, 5.41) is 0. The Morgan fingerprint density at radius 2 is 1.50 bits per heavy atom. The van der Waals surface area contributed by atoms with Crippen molar-refractivity contribution < 1.29 is 9.15 Å². The van der Waals surface area contributed by atoms with Crippen molar-refractivity contribution in [2.24, 2.45) is 5.92 Å². The Kier molecular flexibility index (Phi) is 8.63. The second kappa shape index (κ2) is 13.3. The highest BCUT2D eigenvalue weighted by Gasteiger charge is 2.41. The fourth-order valence-corrected chi connectivity index (χ4v) is 9.52. The van der Waals surface area contributed by atoms with Crippen LogP contribution in [0.4, 0.5) is 28.4 Å². The second-order valence-corrected chi connectivity index (χ2v) is 18.3. The van der Waals surface area contributed by atoms with Gasteiger partial charge in [0.2, 0.25) is 7.28 Å². The first-order valence-corrected chi connectivity index (χ1v) is 20.5. The van der Waals surface area contributed by atoms with E-state index in [1.807, 2.05) is 0 Å². The van der Waals surface area contributed by atoms with E-state index in [0.717, 1.165) is 37.3 Å². The van der Waals surface area contributed by atoms with Gasteiger partial charge in [0.25, 0.3) is 0 Å². The van der Waals surface area contributed by atoms with Gasteiger partial charge in [-0.25, -0.2) is 0 Å². The normalized spacial score (nSPS) is 20.6. The van der Waals surface area contributed by atoms with E-state index in [9.17, 15) is 0 Å². The average Bonchev–Trinajstić information content (AvgIpc) is 3.70. The Morgan fingerprint density at radius 1 is 0.815 bits per heavy atom. The van der Waals surface area contributed by atoms with Crippen LogP contribution in [0.25, 0.3) is 6.08 Å². The lowest BCUT2D eigenvalue weighted by molar-refractivity contribution is 0.166. The Bertz CT molecular complexity index is 2200. The Hall–Kier alpha value is -4.64. The molecule has 3 heterocycles. The third kappa shape index (κ3) is 6.08. The lowest BCUT2D eigenvalue weighted by Crippen LogP contribution is -2.42. The molecule has 0 saturated heterocycles. The molecule has 5 aliphatic rings. The van der Waals surface area contributed by atoms with E-state index in [-0.39, 0.29) is 22.9 Å². The molecule has 4 nitrogen and oxygen atoms in total. The number of allylic oxidation sites excluding steroid dienone is 4. The molecule has 2 unspecified atom stereocenters. The molecule has 1 fully saturated rings. The predicted octanol–water partition coefficient (Wildman–Crippen LogP) is 11.6. The largest absolute Gasteiger partial charge is 0.488 e. The van der Waals surface area contributed by atoms with E-state index in [0.29, 0.717) is 5.92 Å². The maximum atomic E-state index is 6.92. The topological polar surface area (TPSA) is 28.9 Å². The van der Waals surface area contributed by atoms with Crippen LogP contribution in [0.5, 0.6) is 0 Å². The van der Waals surface area contributed by atoms with Gasteiger partial charge in [-0.3, -0.25) is 0 Å². The molecule has 1 aromatic heterocycles. The summed E-state index contributed by atoms with van der Waals surface area (Å²) in [6.45, 7) is 15.9. The minimum absolute atomic E-state index is 0.00767. The van der Waals surface area contributed by atoms with Crippen LogP contribution in [0, 0.1) is 5.92 Å². The predicted molar refractivity (Wildman–Crippen MR) is 228 cm³/mol. The third-order valence-corrected chi connectivity index (χ3v) is 12.5. The van der Waals surface area contributed by atoms with Gasteiger partial charge in [-0.2, -0.15) is 0 Å². The van der Waals surface area contributed by atoms with Gasteiger partial charge in [0.15, 0.2) is 0 Å². The molecule has 0 radical (unpaired) electrons. The van der Waals surface area contributed by atoms with Gasteiger partial charge in [0.1, 0.15) is 17.6 Å². The molecule has 3 aromatic carbocycles. The van der Waals surface area contributed by atoms with Crippen molar-refractivity contribution in [3.05, 3.63) is 131 Å². The van der Waals surface area contributed by atoms with Crippen LogP contribution in [-0.4, -0.2) is 13.4 Å². The minimum Gasteiger partial charge on any atom is -0.488 e. The second-order valence-electron chi connectivity index (χ2n) is 18.3. The molecule has 54 heavy (non-hydrogen) atoms. The summed E-state index contributed by atoms with van der Waals surface area (Å²) in [6, 6.07) is 23.8. The summed E-state index contributed by atoms with van der Waals surface area (Å²) < 4.78 is 13.6. The molecule has 2 aliphatic heterocycles. The van der Waals surface area contributed by atoms with Crippen molar-refractivity contribution in [3.8, 4) is 0 Å². The van der Waals surface area contributed by atoms with Crippen LogP contribution >= 0.6 is 0 Å². The number of rotatable bonds is 5. The van der Waals surface area contributed by atoms with Crippen LogP contribution < -0.4 is 20.9 Å². The maximum absolute atomic E-state index is 6.92. The molecule has 0 bridgehead atoms. The molecule has 2 atom stereocenters. The highest BCUT2D eigenvalue weighted by molar-refractivity contribution is 6.72. The highest BCUT2D eigenvalue weighted by Crippen LogP contribution is 2.48. The van der Waals surface area contributed by atoms with Gasteiger partial charge in [0.05, 0.1) is 23.0 Å². The van der Waals surface area contributed by atoms with E-state index in [4.69, 9.17) is 9.15 Å². The number of hydrogen-bond acceptors (Lipinski definition) is 4. The number of furan rings is 1. The number of ether oxygens (including phenoxy) is 1. The van der Waals surface area contributed by atoms with E-state index in [1.165, 1.54) is 94.0 Å². The van der Waals surface area contributed by atoms with Gasteiger partial charge in [-0.15, -0.1) is 0 Å². The Balaban J connectivity index is 1.31. The number of anilines is 5. The van der Waals surface area contributed by atoms with E-state index < -0.39 is 0 Å². The average molecular weight is 715 g/mol. The van der Waals surface area contributed by atoms with E-state index in [2.05, 4.69) is 155 Å². The van der Waals surface area contributed by atoms with Crippen molar-refractivity contribution in [1.29, 1.82) is 0 Å². The standard InChI is InChI=1S/C49H55BN2O2/c1-31-45(38-17-11-13-19-42(38)53-31)51(36-25-21-34(22-26-36)48(2,3)4)40-29-33(32-15-9-8-10-16-32)30-41-44(40)50-47-46(39-18-12-14-20-43(39)54-47)52(41)37-27-23-35(24-28-37)49(5,6)7/h11-13,17-19,21-30,32,38,42,50H,8-10,14-16,20H2,1-7H3. The molecule has 3 aliphatic carbocycles. The molecular weight excluding hydrogens is 659 g/mol. The molecule has 0 N–H and O–H groups in total. The molecule has 0 spiro atoms. The molecular formula is C49H55BN2O2. The van der Waals surface area contributed by atoms with Crippen LogP contribution in [0.3, 0.4) is 0 Å². The van der Waals surface area contributed by atoms with Crippen LogP contribution in [0.1, 0.15) is 121 Å². The van der Waals surface area contributed by atoms with E-state index >= 15 is 0 Å². The zero-order valence-electron chi connectivity index (χ0n) is 33.3. The third-order valence-electron chi connectivity index (χ3n) is 12.5. The van der Waals surface area contributed by atoms with Crippen molar-refractivity contribution in [3.63, 3.8) is 0 Å². The van der Waals surface area contributed by atoms with E-state index in [1.54, 1.807) is 0 Å². The molecule has 276 valence electrons. The smallest absolute Gasteiger partial charge is 0.246 e. The summed E-state index contributed by atoms with van der Waals surface area (Å²) >= 11 is 0. The molecule has 9 rings (SSSR count). The van der Waals surface area contributed by atoms with Crippen LogP contribution in [-0.2, 0) is 22.0 Å². The maximum Gasteiger partial charge on any atom is 0.246 e.